The van der Waals surface area contributed by atoms with Gasteiger partial charge in [-0.05, 0) is 13.5 Å². The van der Waals surface area contributed by atoms with Gasteiger partial charge in [-0.3, -0.25) is 14.9 Å². The number of rotatable bonds is 4. The molecule has 58 valence electrons. The molecular formula is C6H12N2O2. The largest absolute Gasteiger partial charge is 0.309 e. The van der Waals surface area contributed by atoms with Crippen LogP contribution in [0.15, 0.2) is 0 Å². The molecule has 0 aromatic carbocycles. The van der Waals surface area contributed by atoms with Crippen LogP contribution in [0.4, 0.5) is 0 Å². The summed E-state index contributed by atoms with van der Waals surface area (Å²) in [6.45, 7) is 1.87. The molecule has 1 atom stereocenters. The van der Waals surface area contributed by atoms with Gasteiger partial charge in [-0.1, -0.05) is 6.92 Å². The fraction of sp³-hybridized carbons (Fsp3) is 0.667. The lowest BCUT2D eigenvalue weighted by atomic mass is 10.2. The number of hydrogen-bond acceptors (Lipinski definition) is 3. The van der Waals surface area contributed by atoms with Gasteiger partial charge in [0.05, 0.1) is 6.04 Å². The summed E-state index contributed by atoms with van der Waals surface area (Å²) in [5, 5.41) is 4.83. The van der Waals surface area contributed by atoms with Gasteiger partial charge in [-0.2, -0.15) is 0 Å². The van der Waals surface area contributed by atoms with Crippen molar-refractivity contribution in [1.82, 2.24) is 10.6 Å². The summed E-state index contributed by atoms with van der Waals surface area (Å²) in [6, 6.07) is -0.259. The van der Waals surface area contributed by atoms with Crippen molar-refractivity contribution in [2.75, 3.05) is 7.05 Å². The lowest BCUT2D eigenvalue weighted by Crippen LogP contribution is -2.41. The molecule has 0 aromatic heterocycles. The van der Waals surface area contributed by atoms with Gasteiger partial charge < -0.3 is 5.32 Å². The SMILES string of the molecule is CCC(NC)C(=O)NC=O. The molecule has 4 nitrogen and oxygen atoms in total. The Morgan fingerprint density at radius 3 is 2.60 bits per heavy atom. The normalized spacial score (nSPS) is 12.2. The van der Waals surface area contributed by atoms with Gasteiger partial charge in [-0.25, -0.2) is 0 Å². The number of carbonyl (C=O) groups excluding carboxylic acids is 2. The second-order valence-electron chi connectivity index (χ2n) is 1.88. The predicted octanol–water partition coefficient (Wildman–Crippen LogP) is -0.743. The van der Waals surface area contributed by atoms with Crippen molar-refractivity contribution >= 4 is 12.3 Å². The average molecular weight is 144 g/mol. The second kappa shape index (κ2) is 4.93. The van der Waals surface area contributed by atoms with E-state index in [0.717, 1.165) is 0 Å². The first kappa shape index (κ1) is 9.10. The van der Waals surface area contributed by atoms with E-state index >= 15 is 0 Å². The number of nitrogens with one attached hydrogen (secondary N) is 2. The summed E-state index contributed by atoms with van der Waals surface area (Å²) in [5.74, 6) is -0.278. The van der Waals surface area contributed by atoms with E-state index < -0.39 is 0 Å². The van der Waals surface area contributed by atoms with Crippen molar-refractivity contribution in [3.8, 4) is 0 Å². The molecule has 4 heteroatoms. The molecule has 0 aromatic rings. The average Bonchev–Trinajstić information content (AvgIpc) is 1.91. The Morgan fingerprint density at radius 2 is 2.30 bits per heavy atom. The molecule has 0 fully saturated rings. The molecule has 0 aliphatic heterocycles. The molecule has 2 N–H and O–H groups in total. The van der Waals surface area contributed by atoms with Crippen LogP contribution < -0.4 is 10.6 Å². The molecule has 0 heterocycles. The number of hydrogen-bond donors (Lipinski definition) is 2. The third kappa shape index (κ3) is 2.59. The monoisotopic (exact) mass is 144 g/mol. The maximum absolute atomic E-state index is 10.8. The molecule has 0 saturated carbocycles. The standard InChI is InChI=1S/C6H12N2O2/c1-3-5(7-2)6(10)8-4-9/h4-5,7H,3H2,1-2H3,(H,8,9,10). The second-order valence-corrected chi connectivity index (χ2v) is 1.88. The molecule has 1 unspecified atom stereocenters. The van der Waals surface area contributed by atoms with Crippen molar-refractivity contribution in [3.63, 3.8) is 0 Å². The minimum absolute atomic E-state index is 0.259. The van der Waals surface area contributed by atoms with Gasteiger partial charge in [0, 0.05) is 0 Å². The number of imide groups is 1. The van der Waals surface area contributed by atoms with E-state index in [1.165, 1.54) is 0 Å². The van der Waals surface area contributed by atoms with Gasteiger partial charge >= 0.3 is 0 Å². The number of amides is 2. The van der Waals surface area contributed by atoms with Crippen molar-refractivity contribution in [2.24, 2.45) is 0 Å². The first-order valence-corrected chi connectivity index (χ1v) is 3.17. The summed E-state index contributed by atoms with van der Waals surface area (Å²) in [5.41, 5.74) is 0. The Bertz CT molecular complexity index is 121. The van der Waals surface area contributed by atoms with Crippen LogP contribution in [0.2, 0.25) is 0 Å². The van der Waals surface area contributed by atoms with Gasteiger partial charge in [0.1, 0.15) is 0 Å². The Balaban J connectivity index is 3.76. The van der Waals surface area contributed by atoms with Crippen molar-refractivity contribution in [1.29, 1.82) is 0 Å². The van der Waals surface area contributed by atoms with Crippen LogP contribution in [0.1, 0.15) is 13.3 Å². The van der Waals surface area contributed by atoms with E-state index in [1.807, 2.05) is 6.92 Å². The summed E-state index contributed by atoms with van der Waals surface area (Å²) in [7, 11) is 1.68. The Morgan fingerprint density at radius 1 is 1.70 bits per heavy atom. The zero-order chi connectivity index (χ0) is 7.98. The first-order chi connectivity index (χ1) is 4.76. The lowest BCUT2D eigenvalue weighted by Gasteiger charge is -2.09. The van der Waals surface area contributed by atoms with E-state index in [2.05, 4.69) is 10.6 Å². The Labute approximate surface area is 60.0 Å². The first-order valence-electron chi connectivity index (χ1n) is 3.17. The number of carbonyl (C=O) groups is 2. The van der Waals surface area contributed by atoms with Crippen molar-refractivity contribution in [2.45, 2.75) is 19.4 Å². The minimum atomic E-state index is -0.278. The quantitative estimate of drug-likeness (QED) is 0.511. The summed E-state index contributed by atoms with van der Waals surface area (Å²) in [4.78, 5) is 20.6. The molecule has 2 amide bonds. The Hall–Kier alpha value is -0.900. The zero-order valence-electron chi connectivity index (χ0n) is 6.18. The maximum Gasteiger partial charge on any atom is 0.243 e. The molecule has 10 heavy (non-hydrogen) atoms. The topological polar surface area (TPSA) is 58.2 Å². The number of likely N-dealkylation sites (N-methyl/N-ethyl adjacent to an activating group) is 1. The highest BCUT2D eigenvalue weighted by Crippen LogP contribution is 1.87. The Kier molecular flexibility index (Phi) is 4.49. The van der Waals surface area contributed by atoms with Gasteiger partial charge in [0.2, 0.25) is 12.3 Å². The smallest absolute Gasteiger partial charge is 0.243 e. The van der Waals surface area contributed by atoms with Crippen LogP contribution in [-0.2, 0) is 9.59 Å². The van der Waals surface area contributed by atoms with Crippen LogP contribution in [0.5, 0.6) is 0 Å². The van der Waals surface area contributed by atoms with Crippen LogP contribution in [0, 0.1) is 0 Å². The predicted molar refractivity (Wildman–Crippen MR) is 37.3 cm³/mol. The van der Waals surface area contributed by atoms with Gasteiger partial charge in [-0.15, -0.1) is 0 Å². The van der Waals surface area contributed by atoms with E-state index in [-0.39, 0.29) is 11.9 Å². The highest BCUT2D eigenvalue weighted by Gasteiger charge is 2.11. The van der Waals surface area contributed by atoms with E-state index in [4.69, 9.17) is 0 Å². The van der Waals surface area contributed by atoms with E-state index in [1.54, 1.807) is 7.05 Å². The maximum atomic E-state index is 10.8. The molecule has 0 saturated heterocycles. The highest BCUT2D eigenvalue weighted by molar-refractivity contribution is 5.89. The minimum Gasteiger partial charge on any atom is -0.309 e. The third-order valence-corrected chi connectivity index (χ3v) is 1.27. The summed E-state index contributed by atoms with van der Waals surface area (Å²) >= 11 is 0. The summed E-state index contributed by atoms with van der Waals surface area (Å²) in [6.07, 6.45) is 1.07. The van der Waals surface area contributed by atoms with Crippen LogP contribution in [0.25, 0.3) is 0 Å². The zero-order valence-corrected chi connectivity index (χ0v) is 6.18. The summed E-state index contributed by atoms with van der Waals surface area (Å²) < 4.78 is 0. The molecule has 0 spiro atoms. The molecule has 0 rings (SSSR count). The fourth-order valence-corrected chi connectivity index (χ4v) is 0.679. The highest BCUT2D eigenvalue weighted by atomic mass is 16.2. The fourth-order valence-electron chi connectivity index (χ4n) is 0.679. The third-order valence-electron chi connectivity index (χ3n) is 1.27. The van der Waals surface area contributed by atoms with E-state index in [9.17, 15) is 9.59 Å². The molecule has 0 radical (unpaired) electrons. The molecule has 0 aliphatic rings. The molecular weight excluding hydrogens is 132 g/mol. The van der Waals surface area contributed by atoms with Crippen molar-refractivity contribution in [3.05, 3.63) is 0 Å². The van der Waals surface area contributed by atoms with Crippen LogP contribution in [0.3, 0.4) is 0 Å². The van der Waals surface area contributed by atoms with Crippen LogP contribution >= 0.6 is 0 Å². The van der Waals surface area contributed by atoms with Gasteiger partial charge in [0.15, 0.2) is 0 Å². The van der Waals surface area contributed by atoms with Crippen LogP contribution in [-0.4, -0.2) is 25.4 Å². The van der Waals surface area contributed by atoms with E-state index in [0.29, 0.717) is 12.8 Å². The molecule has 0 aliphatic carbocycles. The lowest BCUT2D eigenvalue weighted by molar-refractivity contribution is -0.126. The molecule has 0 bridgehead atoms. The van der Waals surface area contributed by atoms with Gasteiger partial charge in [0.25, 0.3) is 0 Å². The van der Waals surface area contributed by atoms with Crippen molar-refractivity contribution < 1.29 is 9.59 Å².